The lowest BCUT2D eigenvalue weighted by Crippen LogP contribution is -2.32. The molecule has 1 aliphatic rings. The van der Waals surface area contributed by atoms with Gasteiger partial charge < -0.3 is 10.0 Å². The first-order valence-electron chi connectivity index (χ1n) is 3.46. The summed E-state index contributed by atoms with van der Waals surface area (Å²) in [6.45, 7) is 0. The van der Waals surface area contributed by atoms with E-state index in [0.29, 0.717) is 0 Å². The normalized spacial score (nSPS) is 20.9. The molecule has 54 valence electrons. The molecule has 0 amide bonds. The van der Waals surface area contributed by atoms with Crippen LogP contribution < -0.4 is 0 Å². The van der Waals surface area contributed by atoms with E-state index in [-0.39, 0.29) is 6.32 Å². The Morgan fingerprint density at radius 1 is 1.50 bits per heavy atom. The molecule has 0 radical (unpaired) electrons. The molecule has 0 aromatic carbocycles. The van der Waals surface area contributed by atoms with Crippen LogP contribution in [0, 0.1) is 16.7 Å². The van der Waals surface area contributed by atoms with Crippen LogP contribution in [-0.2, 0) is 0 Å². The van der Waals surface area contributed by atoms with Gasteiger partial charge in [-0.2, -0.15) is 5.26 Å². The second-order valence-electron chi connectivity index (χ2n) is 2.93. The first-order chi connectivity index (χ1) is 4.68. The summed E-state index contributed by atoms with van der Waals surface area (Å²) in [6, 6.07) is 2.13. The second kappa shape index (κ2) is 2.61. The summed E-state index contributed by atoms with van der Waals surface area (Å²) in [6.07, 6.45) is 2.89. The van der Waals surface area contributed by atoms with Gasteiger partial charge in [0.15, 0.2) is 0 Å². The van der Waals surface area contributed by atoms with Crippen molar-refractivity contribution in [1.82, 2.24) is 0 Å². The van der Waals surface area contributed by atoms with E-state index in [9.17, 15) is 0 Å². The Labute approximate surface area is 60.4 Å². The van der Waals surface area contributed by atoms with Gasteiger partial charge in [0.2, 0.25) is 0 Å². The number of hydrogen-bond donors (Lipinski definition) is 2. The summed E-state index contributed by atoms with van der Waals surface area (Å²) in [5.74, 6) is 0. The molecule has 1 saturated carbocycles. The molecule has 0 bridgehead atoms. The monoisotopic (exact) mass is 139 g/mol. The smallest absolute Gasteiger partial charge is 0.427 e. The predicted octanol–water partition coefficient (Wildman–Crippen LogP) is 0.153. The van der Waals surface area contributed by atoms with Crippen LogP contribution in [0.1, 0.15) is 19.3 Å². The maximum absolute atomic E-state index is 8.61. The summed E-state index contributed by atoms with van der Waals surface area (Å²) in [5.41, 5.74) is -0.409. The first-order valence-corrected chi connectivity index (χ1v) is 3.46. The molecule has 0 aliphatic heterocycles. The number of rotatable bonds is 2. The number of hydrogen-bond acceptors (Lipinski definition) is 3. The molecule has 1 rings (SSSR count). The molecule has 1 aliphatic carbocycles. The lowest BCUT2D eigenvalue weighted by atomic mass is 9.59. The van der Waals surface area contributed by atoms with Crippen LogP contribution in [-0.4, -0.2) is 17.2 Å². The highest BCUT2D eigenvalue weighted by Crippen LogP contribution is 2.43. The van der Waals surface area contributed by atoms with Crippen molar-refractivity contribution in [2.45, 2.75) is 25.6 Å². The van der Waals surface area contributed by atoms with Crippen molar-refractivity contribution in [3.8, 4) is 6.07 Å². The van der Waals surface area contributed by atoms with Crippen molar-refractivity contribution in [3.05, 3.63) is 0 Å². The van der Waals surface area contributed by atoms with Gasteiger partial charge in [0, 0.05) is 6.32 Å². The zero-order chi connectivity index (χ0) is 7.61. The molecule has 0 spiro atoms. The Hall–Kier alpha value is -0.525. The quantitative estimate of drug-likeness (QED) is 0.535. The van der Waals surface area contributed by atoms with Gasteiger partial charge in [0.05, 0.1) is 11.5 Å². The predicted molar refractivity (Wildman–Crippen MR) is 36.9 cm³/mol. The molecule has 1 fully saturated rings. The van der Waals surface area contributed by atoms with Gasteiger partial charge in [0.1, 0.15) is 0 Å². The van der Waals surface area contributed by atoms with Crippen molar-refractivity contribution >= 4 is 7.12 Å². The summed E-state index contributed by atoms with van der Waals surface area (Å²) >= 11 is 0. The maximum atomic E-state index is 8.61. The van der Waals surface area contributed by atoms with E-state index in [1.54, 1.807) is 0 Å². The molecule has 4 heteroatoms. The van der Waals surface area contributed by atoms with Gasteiger partial charge in [0.25, 0.3) is 0 Å². The highest BCUT2D eigenvalue weighted by molar-refractivity contribution is 6.41. The first kappa shape index (κ1) is 7.58. The van der Waals surface area contributed by atoms with Gasteiger partial charge >= 0.3 is 7.12 Å². The Morgan fingerprint density at radius 3 is 2.20 bits per heavy atom. The van der Waals surface area contributed by atoms with Crippen molar-refractivity contribution in [2.75, 3.05) is 0 Å². The maximum Gasteiger partial charge on any atom is 0.453 e. The van der Waals surface area contributed by atoms with E-state index in [4.69, 9.17) is 15.3 Å². The summed E-state index contributed by atoms with van der Waals surface area (Å²) in [4.78, 5) is 0. The minimum Gasteiger partial charge on any atom is -0.427 e. The van der Waals surface area contributed by atoms with E-state index in [0.717, 1.165) is 19.3 Å². The fraction of sp³-hybridized carbons (Fsp3) is 0.833. The minimum absolute atomic E-state index is 0.212. The molecule has 10 heavy (non-hydrogen) atoms. The third-order valence-electron chi connectivity index (χ3n) is 2.12. The van der Waals surface area contributed by atoms with Gasteiger partial charge in [-0.05, 0) is 12.8 Å². The molecule has 0 aromatic heterocycles. The molecular formula is C6H10BNO2. The van der Waals surface area contributed by atoms with E-state index < -0.39 is 12.5 Å². The second-order valence-corrected chi connectivity index (χ2v) is 2.93. The molecule has 0 atom stereocenters. The third kappa shape index (κ3) is 1.31. The van der Waals surface area contributed by atoms with Crippen molar-refractivity contribution in [2.24, 2.45) is 5.41 Å². The fourth-order valence-corrected chi connectivity index (χ4v) is 1.31. The zero-order valence-corrected chi connectivity index (χ0v) is 5.75. The number of nitriles is 1. The molecule has 0 aromatic rings. The average molecular weight is 139 g/mol. The molecule has 0 heterocycles. The van der Waals surface area contributed by atoms with Crippen molar-refractivity contribution in [1.29, 1.82) is 5.26 Å². The Morgan fingerprint density at radius 2 is 2.10 bits per heavy atom. The third-order valence-corrected chi connectivity index (χ3v) is 2.12. The summed E-state index contributed by atoms with van der Waals surface area (Å²) in [5, 5.41) is 25.8. The van der Waals surface area contributed by atoms with Gasteiger partial charge in [-0.3, -0.25) is 0 Å². The van der Waals surface area contributed by atoms with Gasteiger partial charge in [-0.15, -0.1) is 0 Å². The van der Waals surface area contributed by atoms with Gasteiger partial charge in [-0.1, -0.05) is 6.42 Å². The fourth-order valence-electron chi connectivity index (χ4n) is 1.31. The molecule has 0 unspecified atom stereocenters. The van der Waals surface area contributed by atoms with Crippen molar-refractivity contribution < 1.29 is 10.0 Å². The van der Waals surface area contributed by atoms with Crippen LogP contribution >= 0.6 is 0 Å². The lowest BCUT2D eigenvalue weighted by molar-refractivity contribution is 0.224. The Bertz CT molecular complexity index is 160. The standard InChI is InChI=1S/C6H10BNO2/c8-5-6(2-1-3-6)4-7(9)10/h9-10H,1-4H2. The lowest BCUT2D eigenvalue weighted by Gasteiger charge is -2.34. The van der Waals surface area contributed by atoms with Crippen LogP contribution in [0.3, 0.4) is 0 Å². The van der Waals surface area contributed by atoms with E-state index in [1.165, 1.54) is 0 Å². The average Bonchev–Trinajstić information content (AvgIpc) is 1.78. The summed E-state index contributed by atoms with van der Waals surface area (Å²) < 4.78 is 0. The van der Waals surface area contributed by atoms with Crippen molar-refractivity contribution in [3.63, 3.8) is 0 Å². The Balaban J connectivity index is 2.43. The zero-order valence-electron chi connectivity index (χ0n) is 5.75. The highest BCUT2D eigenvalue weighted by atomic mass is 16.4. The highest BCUT2D eigenvalue weighted by Gasteiger charge is 2.40. The summed E-state index contributed by atoms with van der Waals surface area (Å²) in [7, 11) is -1.32. The Kier molecular flexibility index (Phi) is 1.98. The van der Waals surface area contributed by atoms with Crippen LogP contribution in [0.25, 0.3) is 0 Å². The van der Waals surface area contributed by atoms with E-state index in [2.05, 4.69) is 6.07 Å². The molecule has 3 nitrogen and oxygen atoms in total. The van der Waals surface area contributed by atoms with E-state index >= 15 is 0 Å². The largest absolute Gasteiger partial charge is 0.453 e. The van der Waals surface area contributed by atoms with Crippen LogP contribution in [0.2, 0.25) is 6.32 Å². The van der Waals surface area contributed by atoms with Gasteiger partial charge in [-0.25, -0.2) is 0 Å². The SMILES string of the molecule is N#CC1(CB(O)O)CCC1. The number of nitrogens with zero attached hydrogens (tertiary/aromatic N) is 1. The van der Waals surface area contributed by atoms with E-state index in [1.807, 2.05) is 0 Å². The van der Waals surface area contributed by atoms with Crippen LogP contribution in [0.4, 0.5) is 0 Å². The van der Waals surface area contributed by atoms with Crippen LogP contribution in [0.15, 0.2) is 0 Å². The topological polar surface area (TPSA) is 64.2 Å². The minimum atomic E-state index is -1.32. The molecular weight excluding hydrogens is 129 g/mol. The molecule has 2 N–H and O–H groups in total. The molecule has 0 saturated heterocycles. The van der Waals surface area contributed by atoms with Crippen LogP contribution in [0.5, 0.6) is 0 Å².